The maximum absolute atomic E-state index is 12.5. The van der Waals surface area contributed by atoms with Crippen LogP contribution in [0, 0.1) is 17.0 Å². The molecular formula is C12H17ClN2O5S. The summed E-state index contributed by atoms with van der Waals surface area (Å²) in [7, 11) is -3.94. The van der Waals surface area contributed by atoms with Gasteiger partial charge in [0.1, 0.15) is 0 Å². The molecule has 1 aromatic carbocycles. The minimum Gasteiger partial charge on any atom is -0.395 e. The van der Waals surface area contributed by atoms with Crippen molar-refractivity contribution in [1.82, 2.24) is 4.31 Å². The van der Waals surface area contributed by atoms with E-state index >= 15 is 0 Å². The number of nitro groups is 1. The van der Waals surface area contributed by atoms with E-state index in [4.69, 9.17) is 16.7 Å². The Morgan fingerprint density at radius 3 is 2.48 bits per heavy atom. The molecular weight excluding hydrogens is 320 g/mol. The van der Waals surface area contributed by atoms with E-state index in [9.17, 15) is 18.5 Å². The van der Waals surface area contributed by atoms with Gasteiger partial charge in [-0.25, -0.2) is 8.42 Å². The number of benzene rings is 1. The Labute approximate surface area is 128 Å². The zero-order valence-corrected chi connectivity index (χ0v) is 13.3. The van der Waals surface area contributed by atoms with Crippen molar-refractivity contribution in [3.63, 3.8) is 0 Å². The molecule has 0 saturated carbocycles. The van der Waals surface area contributed by atoms with Crippen molar-refractivity contribution in [2.45, 2.75) is 25.2 Å². The van der Waals surface area contributed by atoms with Crippen LogP contribution in [0.25, 0.3) is 0 Å². The molecule has 1 aromatic rings. The summed E-state index contributed by atoms with van der Waals surface area (Å²) in [6, 6.07) is 2.19. The molecule has 0 heterocycles. The summed E-state index contributed by atoms with van der Waals surface area (Å²) in [6.07, 6.45) is 0.556. The van der Waals surface area contributed by atoms with Gasteiger partial charge in [0.25, 0.3) is 5.69 Å². The van der Waals surface area contributed by atoms with Gasteiger partial charge in [-0.2, -0.15) is 4.31 Å². The lowest BCUT2D eigenvalue weighted by Crippen LogP contribution is -2.34. The van der Waals surface area contributed by atoms with Gasteiger partial charge in [-0.3, -0.25) is 10.1 Å². The van der Waals surface area contributed by atoms with E-state index < -0.39 is 14.9 Å². The van der Waals surface area contributed by atoms with E-state index in [0.29, 0.717) is 6.42 Å². The van der Waals surface area contributed by atoms with E-state index in [1.54, 1.807) is 6.92 Å². The first-order valence-corrected chi connectivity index (χ1v) is 8.13. The number of aliphatic hydroxyl groups is 1. The number of aliphatic hydroxyl groups excluding tert-OH is 1. The third kappa shape index (κ3) is 3.91. The Kier molecular flexibility index (Phi) is 6.09. The van der Waals surface area contributed by atoms with Crippen LogP contribution in [0.5, 0.6) is 0 Å². The maximum atomic E-state index is 12.5. The van der Waals surface area contributed by atoms with Crippen LogP contribution in [0.15, 0.2) is 17.0 Å². The highest BCUT2D eigenvalue weighted by Gasteiger charge is 2.27. The van der Waals surface area contributed by atoms with Crippen molar-refractivity contribution in [3.8, 4) is 0 Å². The number of rotatable bonds is 7. The zero-order chi connectivity index (χ0) is 16.2. The first-order valence-electron chi connectivity index (χ1n) is 6.31. The molecule has 0 saturated heterocycles. The molecule has 0 amide bonds. The number of hydrogen-bond donors (Lipinski definition) is 1. The molecule has 0 fully saturated rings. The van der Waals surface area contributed by atoms with Crippen LogP contribution < -0.4 is 0 Å². The van der Waals surface area contributed by atoms with Gasteiger partial charge in [0, 0.05) is 24.7 Å². The molecule has 0 aliphatic carbocycles. The highest BCUT2D eigenvalue weighted by Crippen LogP contribution is 2.30. The molecule has 9 heteroatoms. The second kappa shape index (κ2) is 7.17. The SMILES string of the molecule is CCCN(CCO)S(=O)(=O)c1cc(Cl)c(C)c([N+](=O)[O-])c1. The van der Waals surface area contributed by atoms with Crippen LogP contribution >= 0.6 is 11.6 Å². The lowest BCUT2D eigenvalue weighted by atomic mass is 10.2. The molecule has 1 rings (SSSR count). The predicted octanol–water partition coefficient (Wildman–Crippen LogP) is 1.95. The molecule has 0 aromatic heterocycles. The smallest absolute Gasteiger partial charge is 0.275 e. The van der Waals surface area contributed by atoms with Crippen molar-refractivity contribution >= 4 is 27.3 Å². The Hall–Kier alpha value is -1.22. The van der Waals surface area contributed by atoms with Crippen molar-refractivity contribution < 1.29 is 18.4 Å². The number of hydrogen-bond acceptors (Lipinski definition) is 5. The third-order valence-corrected chi connectivity index (χ3v) is 5.22. The van der Waals surface area contributed by atoms with E-state index in [2.05, 4.69) is 0 Å². The van der Waals surface area contributed by atoms with Gasteiger partial charge in [0.2, 0.25) is 10.0 Å². The maximum Gasteiger partial charge on any atom is 0.275 e. The number of nitrogens with zero attached hydrogens (tertiary/aromatic N) is 2. The van der Waals surface area contributed by atoms with Gasteiger partial charge in [-0.15, -0.1) is 0 Å². The molecule has 21 heavy (non-hydrogen) atoms. The lowest BCUT2D eigenvalue weighted by molar-refractivity contribution is -0.385. The topological polar surface area (TPSA) is 101 Å². The Morgan fingerprint density at radius 2 is 2.00 bits per heavy atom. The molecule has 0 unspecified atom stereocenters. The van der Waals surface area contributed by atoms with E-state index in [0.717, 1.165) is 10.4 Å². The van der Waals surface area contributed by atoms with Gasteiger partial charge in [0.05, 0.1) is 21.4 Å². The Balaban J connectivity index is 3.40. The Morgan fingerprint density at radius 1 is 1.38 bits per heavy atom. The average Bonchev–Trinajstić information content (AvgIpc) is 2.40. The first kappa shape index (κ1) is 17.8. The van der Waals surface area contributed by atoms with Crippen molar-refractivity contribution in [3.05, 3.63) is 32.8 Å². The standard InChI is InChI=1S/C12H17ClN2O5S/c1-3-4-14(5-6-16)21(19,20)10-7-11(13)9(2)12(8-10)15(17)18/h7-8,16H,3-6H2,1-2H3. The van der Waals surface area contributed by atoms with Crippen LogP contribution in [-0.2, 0) is 10.0 Å². The fourth-order valence-corrected chi connectivity index (χ4v) is 3.69. The van der Waals surface area contributed by atoms with E-state index in [1.807, 2.05) is 0 Å². The molecule has 0 radical (unpaired) electrons. The van der Waals surface area contributed by atoms with Gasteiger partial charge in [0.15, 0.2) is 0 Å². The quantitative estimate of drug-likeness (QED) is 0.605. The molecule has 1 N–H and O–H groups in total. The molecule has 0 atom stereocenters. The number of sulfonamides is 1. The number of halogens is 1. The predicted molar refractivity (Wildman–Crippen MR) is 79.0 cm³/mol. The van der Waals surface area contributed by atoms with E-state index in [-0.39, 0.29) is 40.9 Å². The van der Waals surface area contributed by atoms with Gasteiger partial charge < -0.3 is 5.11 Å². The van der Waals surface area contributed by atoms with Crippen LogP contribution in [0.2, 0.25) is 5.02 Å². The summed E-state index contributed by atoms with van der Waals surface area (Å²) < 4.78 is 26.0. The summed E-state index contributed by atoms with van der Waals surface area (Å²) in [5.41, 5.74) is -0.133. The molecule has 7 nitrogen and oxygen atoms in total. The normalized spacial score (nSPS) is 11.9. The third-order valence-electron chi connectivity index (χ3n) is 2.95. The van der Waals surface area contributed by atoms with Crippen molar-refractivity contribution in [2.75, 3.05) is 19.7 Å². The van der Waals surface area contributed by atoms with Crippen molar-refractivity contribution in [2.24, 2.45) is 0 Å². The summed E-state index contributed by atoms with van der Waals surface area (Å²) in [4.78, 5) is 10.1. The van der Waals surface area contributed by atoms with Crippen LogP contribution in [0.3, 0.4) is 0 Å². The highest BCUT2D eigenvalue weighted by atomic mass is 35.5. The second-order valence-electron chi connectivity index (χ2n) is 4.43. The van der Waals surface area contributed by atoms with Crippen LogP contribution in [0.1, 0.15) is 18.9 Å². The summed E-state index contributed by atoms with van der Waals surface area (Å²) in [5, 5.41) is 20.0. The second-order valence-corrected chi connectivity index (χ2v) is 6.78. The fraction of sp³-hybridized carbons (Fsp3) is 0.500. The summed E-state index contributed by atoms with van der Waals surface area (Å²) >= 11 is 5.89. The van der Waals surface area contributed by atoms with Gasteiger partial charge in [-0.05, 0) is 19.4 Å². The fourth-order valence-electron chi connectivity index (χ4n) is 1.84. The highest BCUT2D eigenvalue weighted by molar-refractivity contribution is 7.89. The lowest BCUT2D eigenvalue weighted by Gasteiger charge is -2.20. The zero-order valence-electron chi connectivity index (χ0n) is 11.7. The molecule has 0 spiro atoms. The molecule has 118 valence electrons. The minimum atomic E-state index is -3.94. The Bertz CT molecular complexity index is 627. The van der Waals surface area contributed by atoms with Gasteiger partial charge >= 0.3 is 0 Å². The van der Waals surface area contributed by atoms with Crippen LogP contribution in [-0.4, -0.2) is 42.4 Å². The van der Waals surface area contributed by atoms with Crippen LogP contribution in [0.4, 0.5) is 5.69 Å². The first-order chi connectivity index (χ1) is 9.75. The van der Waals surface area contributed by atoms with Crippen molar-refractivity contribution in [1.29, 1.82) is 0 Å². The monoisotopic (exact) mass is 336 g/mol. The largest absolute Gasteiger partial charge is 0.395 e. The van der Waals surface area contributed by atoms with Gasteiger partial charge in [-0.1, -0.05) is 18.5 Å². The molecule has 0 bridgehead atoms. The summed E-state index contributed by atoms with van der Waals surface area (Å²) in [5.74, 6) is 0. The minimum absolute atomic E-state index is 0.0169. The molecule has 0 aliphatic rings. The average molecular weight is 337 g/mol. The number of nitro benzene ring substituents is 1. The molecule has 0 aliphatic heterocycles. The van der Waals surface area contributed by atoms with E-state index in [1.165, 1.54) is 13.0 Å². The summed E-state index contributed by atoms with van der Waals surface area (Å²) in [6.45, 7) is 3.05.